The molecule has 0 spiro atoms. The number of amides is 2. The smallest absolute Gasteiger partial charge is 0.323 e. The summed E-state index contributed by atoms with van der Waals surface area (Å²) in [5.74, 6) is 0.331. The Morgan fingerprint density at radius 1 is 1.12 bits per heavy atom. The summed E-state index contributed by atoms with van der Waals surface area (Å²) in [6.07, 6.45) is 5.38. The van der Waals surface area contributed by atoms with Crippen LogP contribution in [0, 0.1) is 0 Å². The van der Waals surface area contributed by atoms with Crippen LogP contribution in [-0.4, -0.2) is 61.4 Å². The van der Waals surface area contributed by atoms with Crippen molar-refractivity contribution in [2.75, 3.05) is 31.5 Å². The van der Waals surface area contributed by atoms with Gasteiger partial charge in [0.05, 0.1) is 47.8 Å². The minimum absolute atomic E-state index is 0.214. The highest BCUT2D eigenvalue weighted by molar-refractivity contribution is 6.32. The number of fused-ring (bicyclic) bond motifs is 1. The summed E-state index contributed by atoms with van der Waals surface area (Å²) in [7, 11) is 3.06. The molecule has 0 aliphatic carbocycles. The predicted octanol–water partition coefficient (Wildman–Crippen LogP) is 2.99. The van der Waals surface area contributed by atoms with E-state index in [0.29, 0.717) is 28.5 Å². The second kappa shape index (κ2) is 9.44. The molecule has 4 heterocycles. The molecule has 0 saturated heterocycles. The van der Waals surface area contributed by atoms with E-state index in [1.807, 2.05) is 0 Å². The number of methoxy groups -OCH3 is 2. The van der Waals surface area contributed by atoms with Gasteiger partial charge in [0.15, 0.2) is 16.6 Å². The number of urea groups is 1. The minimum atomic E-state index is -0.555. The van der Waals surface area contributed by atoms with Crippen molar-refractivity contribution in [1.29, 1.82) is 0 Å². The normalized spacial score (nSPS) is 12.1. The average Bonchev–Trinajstić information content (AvgIpc) is 3.41. The molecule has 0 aliphatic heterocycles. The number of rotatable bonds is 7. The van der Waals surface area contributed by atoms with Crippen molar-refractivity contribution in [3.8, 4) is 5.82 Å². The summed E-state index contributed by atoms with van der Waals surface area (Å²) in [6.45, 7) is 0.214. The first-order valence-electron chi connectivity index (χ1n) is 9.16. The number of carbonyl (C=O) groups is 1. The molecule has 166 valence electrons. The van der Waals surface area contributed by atoms with Gasteiger partial charge in [-0.15, -0.1) is 4.80 Å². The quantitative estimate of drug-likeness (QED) is 0.414. The van der Waals surface area contributed by atoms with Gasteiger partial charge in [0, 0.05) is 20.3 Å². The number of carbonyl (C=O) groups excluding carboxylic acids is 1. The molecule has 4 rings (SSSR count). The van der Waals surface area contributed by atoms with E-state index in [1.54, 1.807) is 13.2 Å². The number of aromatic nitrogens is 7. The molecule has 0 fully saturated rings. The summed E-state index contributed by atoms with van der Waals surface area (Å²) >= 11 is 12.3. The Morgan fingerprint density at radius 3 is 2.59 bits per heavy atom. The Bertz CT molecular complexity index is 1250. The molecule has 0 saturated carbocycles. The zero-order chi connectivity index (χ0) is 22.7. The highest BCUT2D eigenvalue weighted by Crippen LogP contribution is 2.27. The lowest BCUT2D eigenvalue weighted by atomic mass is 10.2. The van der Waals surface area contributed by atoms with E-state index in [0.717, 1.165) is 0 Å². The minimum Gasteiger partial charge on any atom is -0.382 e. The first kappa shape index (κ1) is 21.9. The largest absolute Gasteiger partial charge is 0.382 e. The van der Waals surface area contributed by atoms with Gasteiger partial charge >= 0.3 is 6.03 Å². The van der Waals surface area contributed by atoms with Crippen LogP contribution in [0.3, 0.4) is 0 Å². The fourth-order valence-corrected chi connectivity index (χ4v) is 3.41. The van der Waals surface area contributed by atoms with E-state index in [9.17, 15) is 4.79 Å². The average molecular weight is 478 g/mol. The van der Waals surface area contributed by atoms with Crippen LogP contribution in [0.2, 0.25) is 10.2 Å². The number of hydrogen-bond donors (Lipinski definition) is 2. The Labute approximate surface area is 191 Å². The molecule has 0 aliphatic rings. The van der Waals surface area contributed by atoms with Gasteiger partial charge < -0.3 is 20.1 Å². The summed E-state index contributed by atoms with van der Waals surface area (Å²) in [5, 5.41) is 18.1. The van der Waals surface area contributed by atoms with Crippen LogP contribution in [-0.2, 0) is 9.47 Å². The van der Waals surface area contributed by atoms with Crippen molar-refractivity contribution in [2.45, 2.75) is 6.10 Å². The molecule has 2 amide bonds. The molecular weight excluding hydrogens is 461 g/mol. The van der Waals surface area contributed by atoms with E-state index in [4.69, 9.17) is 32.7 Å². The van der Waals surface area contributed by atoms with Crippen LogP contribution in [0.15, 0.2) is 36.9 Å². The van der Waals surface area contributed by atoms with Crippen LogP contribution in [0.1, 0.15) is 11.8 Å². The van der Waals surface area contributed by atoms with Gasteiger partial charge in [-0.1, -0.05) is 23.2 Å². The number of nitrogens with one attached hydrogen (secondary N) is 2. The van der Waals surface area contributed by atoms with Crippen molar-refractivity contribution >= 4 is 46.3 Å². The third-order valence-corrected chi connectivity index (χ3v) is 4.80. The lowest BCUT2D eigenvalue weighted by Gasteiger charge is -2.19. The molecule has 14 heteroatoms. The Morgan fingerprint density at radius 2 is 1.91 bits per heavy atom. The molecule has 4 aromatic heterocycles. The number of hydrogen-bond acceptors (Lipinski definition) is 8. The molecule has 0 bridgehead atoms. The zero-order valence-electron chi connectivity index (χ0n) is 16.9. The van der Waals surface area contributed by atoms with Crippen LogP contribution in [0.5, 0.6) is 0 Å². The molecule has 1 unspecified atom stereocenters. The summed E-state index contributed by atoms with van der Waals surface area (Å²) < 4.78 is 12.3. The van der Waals surface area contributed by atoms with Crippen molar-refractivity contribution in [2.24, 2.45) is 0 Å². The maximum absolute atomic E-state index is 12.7. The SMILES string of the molecule is COCC(OC)c1c(NC(=O)Nc2cnc(-n3nccn3)c(Cl)c2)cnc2cc(Cl)nn12. The third kappa shape index (κ3) is 4.48. The standard InChI is InChI=1S/C18H17Cl2N9O3/c1-31-9-13(32-2)16-12(8-21-15-6-14(20)27-28(15)16)26-18(30)25-10-5-11(19)17(22-7-10)29-23-3-4-24-29/h3-8,13H,9H2,1-2H3,(H2,25,26,30). The van der Waals surface area contributed by atoms with Gasteiger partial charge in [-0.3, -0.25) is 0 Å². The van der Waals surface area contributed by atoms with Crippen LogP contribution in [0.4, 0.5) is 16.2 Å². The van der Waals surface area contributed by atoms with E-state index in [1.165, 1.54) is 47.3 Å². The van der Waals surface area contributed by atoms with Crippen LogP contribution in [0.25, 0.3) is 11.5 Å². The number of halogens is 2. The third-order valence-electron chi connectivity index (χ3n) is 4.33. The van der Waals surface area contributed by atoms with Crippen molar-refractivity contribution in [3.63, 3.8) is 0 Å². The molecule has 32 heavy (non-hydrogen) atoms. The molecule has 0 aromatic carbocycles. The molecule has 12 nitrogen and oxygen atoms in total. The van der Waals surface area contributed by atoms with Gasteiger partial charge in [-0.05, 0) is 6.07 Å². The number of nitrogens with zero attached hydrogens (tertiary/aromatic N) is 7. The van der Waals surface area contributed by atoms with E-state index in [-0.39, 0.29) is 16.8 Å². The molecular formula is C18H17Cl2N9O3. The topological polar surface area (TPSA) is 133 Å². The van der Waals surface area contributed by atoms with Gasteiger partial charge in [0.25, 0.3) is 0 Å². The van der Waals surface area contributed by atoms with Crippen LogP contribution < -0.4 is 10.6 Å². The lowest BCUT2D eigenvalue weighted by molar-refractivity contribution is 0.0241. The first-order chi connectivity index (χ1) is 15.5. The second-order valence-electron chi connectivity index (χ2n) is 6.40. The van der Waals surface area contributed by atoms with E-state index < -0.39 is 12.1 Å². The number of ether oxygens (including phenoxy) is 2. The maximum Gasteiger partial charge on any atom is 0.323 e. The number of anilines is 2. The fourth-order valence-electron chi connectivity index (χ4n) is 3.00. The van der Waals surface area contributed by atoms with Gasteiger partial charge in [-0.25, -0.2) is 19.3 Å². The van der Waals surface area contributed by atoms with Gasteiger partial charge in [-0.2, -0.15) is 15.3 Å². The summed E-state index contributed by atoms with van der Waals surface area (Å²) in [6, 6.07) is 2.57. The number of pyridine rings is 1. The Kier molecular flexibility index (Phi) is 6.46. The summed E-state index contributed by atoms with van der Waals surface area (Å²) in [4.78, 5) is 22.4. The highest BCUT2D eigenvalue weighted by atomic mass is 35.5. The zero-order valence-corrected chi connectivity index (χ0v) is 18.4. The summed E-state index contributed by atoms with van der Waals surface area (Å²) in [5.41, 5.74) is 1.72. The van der Waals surface area contributed by atoms with Crippen molar-refractivity contribution < 1.29 is 14.3 Å². The lowest BCUT2D eigenvalue weighted by Crippen LogP contribution is -2.24. The Balaban J connectivity index is 1.59. The second-order valence-corrected chi connectivity index (χ2v) is 7.20. The van der Waals surface area contributed by atoms with Crippen LogP contribution >= 0.6 is 23.2 Å². The highest BCUT2D eigenvalue weighted by Gasteiger charge is 2.22. The molecule has 4 aromatic rings. The monoisotopic (exact) mass is 477 g/mol. The fraction of sp³-hybridized carbons (Fsp3) is 0.222. The van der Waals surface area contributed by atoms with Crippen molar-refractivity contribution in [1.82, 2.24) is 34.6 Å². The maximum atomic E-state index is 12.7. The molecule has 0 radical (unpaired) electrons. The van der Waals surface area contributed by atoms with Crippen molar-refractivity contribution in [3.05, 3.63) is 52.8 Å². The van der Waals surface area contributed by atoms with Gasteiger partial charge in [0.1, 0.15) is 11.8 Å². The van der Waals surface area contributed by atoms with E-state index >= 15 is 0 Å². The van der Waals surface area contributed by atoms with E-state index in [2.05, 4.69) is 35.9 Å². The Hall–Kier alpha value is -3.32. The molecule has 2 N–H and O–H groups in total. The first-order valence-corrected chi connectivity index (χ1v) is 9.92. The van der Waals surface area contributed by atoms with Gasteiger partial charge in [0.2, 0.25) is 0 Å². The molecule has 1 atom stereocenters. The predicted molar refractivity (Wildman–Crippen MR) is 116 cm³/mol.